The fraction of sp³-hybridized carbons (Fsp3) is 0.368. The maximum Gasteiger partial charge on any atom is 0.273 e. The van der Waals surface area contributed by atoms with E-state index in [9.17, 15) is 13.2 Å². The molecule has 0 bridgehead atoms. The van der Waals surface area contributed by atoms with E-state index in [1.54, 1.807) is 6.07 Å². The van der Waals surface area contributed by atoms with Crippen LogP contribution in [0.15, 0.2) is 45.3 Å². The molecule has 0 radical (unpaired) electrons. The van der Waals surface area contributed by atoms with E-state index in [-0.39, 0.29) is 29.5 Å². The first-order valence-electron chi connectivity index (χ1n) is 9.33. The van der Waals surface area contributed by atoms with Crippen molar-refractivity contribution in [1.82, 2.24) is 20.7 Å². The Balaban J connectivity index is 1.30. The predicted octanol–water partition coefficient (Wildman–Crippen LogP) is 2.44. The van der Waals surface area contributed by atoms with Gasteiger partial charge in [0.1, 0.15) is 0 Å². The van der Waals surface area contributed by atoms with Crippen molar-refractivity contribution in [2.45, 2.75) is 37.8 Å². The number of carbonyl (C=O) groups is 1. The van der Waals surface area contributed by atoms with Gasteiger partial charge in [0.2, 0.25) is 11.8 Å². The lowest BCUT2D eigenvalue weighted by atomic mass is 9.80. The van der Waals surface area contributed by atoms with Crippen LogP contribution >= 0.6 is 0 Å². The van der Waals surface area contributed by atoms with Gasteiger partial charge in [0, 0.05) is 23.6 Å². The van der Waals surface area contributed by atoms with Gasteiger partial charge < -0.3 is 14.3 Å². The fourth-order valence-electron chi connectivity index (χ4n) is 3.20. The van der Waals surface area contributed by atoms with Crippen molar-refractivity contribution < 1.29 is 26.3 Å². The van der Waals surface area contributed by atoms with Gasteiger partial charge in [0.25, 0.3) is 16.0 Å². The smallest absolute Gasteiger partial charge is 0.273 e. The zero-order chi connectivity index (χ0) is 21.3. The minimum atomic E-state index is -3.63. The van der Waals surface area contributed by atoms with Crippen LogP contribution in [0.1, 0.15) is 54.1 Å². The highest BCUT2D eigenvalue weighted by atomic mass is 32.2. The molecule has 1 fully saturated rings. The molecule has 1 saturated carbocycles. The van der Waals surface area contributed by atoms with Crippen LogP contribution in [0, 0.1) is 0 Å². The molecule has 1 amide bonds. The van der Waals surface area contributed by atoms with Gasteiger partial charge in [-0.05, 0) is 19.8 Å². The SMILES string of the molecule is C[C@H](OS(C)(=O)=O)c1nnc(C2CC(NC(=O)c3cc(-c4ccccc4)on3)C2)o1. The van der Waals surface area contributed by atoms with Gasteiger partial charge >= 0.3 is 0 Å². The van der Waals surface area contributed by atoms with Crippen LogP contribution < -0.4 is 5.32 Å². The summed E-state index contributed by atoms with van der Waals surface area (Å²) < 4.78 is 38.0. The molecule has 1 aromatic carbocycles. The van der Waals surface area contributed by atoms with E-state index >= 15 is 0 Å². The second-order valence-electron chi connectivity index (χ2n) is 7.20. The first-order chi connectivity index (χ1) is 14.3. The van der Waals surface area contributed by atoms with E-state index in [0.29, 0.717) is 24.5 Å². The number of nitrogens with zero attached hydrogens (tertiary/aromatic N) is 3. The molecule has 1 N–H and O–H groups in total. The number of hydrogen-bond donors (Lipinski definition) is 1. The third-order valence-electron chi connectivity index (χ3n) is 4.75. The molecule has 1 atom stereocenters. The molecule has 1 aliphatic carbocycles. The first kappa shape index (κ1) is 20.2. The largest absolute Gasteiger partial charge is 0.422 e. The number of carbonyl (C=O) groups excluding carboxylic acids is 1. The van der Waals surface area contributed by atoms with Crippen molar-refractivity contribution in [3.63, 3.8) is 0 Å². The molecule has 0 aliphatic heterocycles. The van der Waals surface area contributed by atoms with E-state index < -0.39 is 16.2 Å². The van der Waals surface area contributed by atoms with Crippen molar-refractivity contribution in [3.05, 3.63) is 53.9 Å². The first-order valence-corrected chi connectivity index (χ1v) is 11.1. The molecular weight excluding hydrogens is 412 g/mol. The second kappa shape index (κ2) is 8.00. The van der Waals surface area contributed by atoms with E-state index in [1.165, 1.54) is 6.92 Å². The third-order valence-corrected chi connectivity index (χ3v) is 5.39. The van der Waals surface area contributed by atoms with Crippen LogP contribution in [-0.4, -0.2) is 42.0 Å². The molecular formula is C19H20N4O6S. The molecule has 0 spiro atoms. The monoisotopic (exact) mass is 432 g/mol. The van der Waals surface area contributed by atoms with Crippen molar-refractivity contribution in [1.29, 1.82) is 0 Å². The summed E-state index contributed by atoms with van der Waals surface area (Å²) in [5.41, 5.74) is 1.05. The van der Waals surface area contributed by atoms with E-state index in [2.05, 4.69) is 20.7 Å². The number of benzene rings is 1. The van der Waals surface area contributed by atoms with Crippen LogP contribution in [0.3, 0.4) is 0 Å². The number of rotatable bonds is 7. The van der Waals surface area contributed by atoms with Gasteiger partial charge in [-0.1, -0.05) is 35.5 Å². The molecule has 10 nitrogen and oxygen atoms in total. The highest BCUT2D eigenvalue weighted by Gasteiger charge is 2.36. The Hall–Kier alpha value is -3.05. The lowest BCUT2D eigenvalue weighted by Crippen LogP contribution is -2.43. The third kappa shape index (κ3) is 4.57. The molecule has 2 heterocycles. The maximum absolute atomic E-state index is 12.4. The Morgan fingerprint density at radius 2 is 1.97 bits per heavy atom. The molecule has 0 unspecified atom stereocenters. The van der Waals surface area contributed by atoms with Gasteiger partial charge in [-0.3, -0.25) is 8.98 Å². The van der Waals surface area contributed by atoms with Crippen LogP contribution in [0.5, 0.6) is 0 Å². The molecule has 158 valence electrons. The standard InChI is InChI=1S/C19H20N4O6S/c1-11(29-30(2,25)26)18-21-22-19(27-18)13-8-14(9-13)20-17(24)15-10-16(28-23-15)12-6-4-3-5-7-12/h3-7,10-11,13-14H,8-9H2,1-2H3,(H,20,24)/t11-,13?,14?/m0/s1. The lowest BCUT2D eigenvalue weighted by molar-refractivity contribution is 0.0893. The van der Waals surface area contributed by atoms with Gasteiger partial charge in [-0.2, -0.15) is 8.42 Å². The summed E-state index contributed by atoms with van der Waals surface area (Å²) in [7, 11) is -3.63. The molecule has 0 saturated heterocycles. The maximum atomic E-state index is 12.4. The summed E-state index contributed by atoms with van der Waals surface area (Å²) in [4.78, 5) is 12.4. The summed E-state index contributed by atoms with van der Waals surface area (Å²) in [5.74, 6) is 0.687. The number of hydrogen-bond acceptors (Lipinski definition) is 9. The Kier molecular flexibility index (Phi) is 5.39. The Labute approximate surface area is 172 Å². The number of nitrogens with one attached hydrogen (secondary N) is 1. The molecule has 30 heavy (non-hydrogen) atoms. The Morgan fingerprint density at radius 1 is 1.23 bits per heavy atom. The average molecular weight is 432 g/mol. The summed E-state index contributed by atoms with van der Waals surface area (Å²) in [6.45, 7) is 1.52. The van der Waals surface area contributed by atoms with Gasteiger partial charge in [-0.15, -0.1) is 10.2 Å². The summed E-state index contributed by atoms with van der Waals surface area (Å²) >= 11 is 0. The zero-order valence-electron chi connectivity index (χ0n) is 16.3. The summed E-state index contributed by atoms with van der Waals surface area (Å²) in [5, 5.41) is 14.6. The fourth-order valence-corrected chi connectivity index (χ4v) is 3.80. The van der Waals surface area contributed by atoms with Crippen molar-refractivity contribution >= 4 is 16.0 Å². The van der Waals surface area contributed by atoms with E-state index in [0.717, 1.165) is 11.8 Å². The number of amides is 1. The topological polar surface area (TPSA) is 137 Å². The van der Waals surface area contributed by atoms with Gasteiger partial charge in [0.15, 0.2) is 17.6 Å². The second-order valence-corrected chi connectivity index (χ2v) is 8.80. The van der Waals surface area contributed by atoms with Crippen molar-refractivity contribution in [2.24, 2.45) is 0 Å². The molecule has 11 heteroatoms. The minimum absolute atomic E-state index is 0.0147. The van der Waals surface area contributed by atoms with Gasteiger partial charge in [-0.25, -0.2) is 0 Å². The van der Waals surface area contributed by atoms with E-state index in [4.69, 9.17) is 13.1 Å². The Bertz CT molecular complexity index is 1130. The van der Waals surface area contributed by atoms with Crippen LogP contribution in [0.25, 0.3) is 11.3 Å². The quantitative estimate of drug-likeness (QED) is 0.558. The van der Waals surface area contributed by atoms with Crippen LogP contribution in [0.2, 0.25) is 0 Å². The van der Waals surface area contributed by atoms with E-state index in [1.807, 2.05) is 30.3 Å². The lowest BCUT2D eigenvalue weighted by Gasteiger charge is -2.33. The highest BCUT2D eigenvalue weighted by molar-refractivity contribution is 7.86. The highest BCUT2D eigenvalue weighted by Crippen LogP contribution is 2.37. The van der Waals surface area contributed by atoms with Crippen LogP contribution in [0.4, 0.5) is 0 Å². The molecule has 2 aromatic heterocycles. The van der Waals surface area contributed by atoms with Gasteiger partial charge in [0.05, 0.1) is 6.26 Å². The molecule has 3 aromatic rings. The number of aromatic nitrogens is 3. The normalized spacial score (nSPS) is 19.8. The molecule has 4 rings (SSSR count). The summed E-state index contributed by atoms with van der Waals surface area (Å²) in [6.07, 6.45) is 1.34. The average Bonchev–Trinajstić information content (AvgIpc) is 3.33. The summed E-state index contributed by atoms with van der Waals surface area (Å²) in [6, 6.07) is 10.9. The van der Waals surface area contributed by atoms with Crippen molar-refractivity contribution in [3.8, 4) is 11.3 Å². The zero-order valence-corrected chi connectivity index (χ0v) is 17.1. The predicted molar refractivity (Wildman–Crippen MR) is 104 cm³/mol. The Morgan fingerprint density at radius 3 is 2.67 bits per heavy atom. The van der Waals surface area contributed by atoms with Crippen molar-refractivity contribution in [2.75, 3.05) is 6.26 Å². The van der Waals surface area contributed by atoms with Crippen LogP contribution in [-0.2, 0) is 14.3 Å². The molecule has 1 aliphatic rings. The minimum Gasteiger partial charge on any atom is -0.422 e.